The van der Waals surface area contributed by atoms with Crippen molar-refractivity contribution in [2.45, 2.75) is 26.2 Å². The molecule has 27 heavy (non-hydrogen) atoms. The van der Waals surface area contributed by atoms with Crippen LogP contribution in [0.2, 0.25) is 5.02 Å². The van der Waals surface area contributed by atoms with Gasteiger partial charge in [0, 0.05) is 17.3 Å². The third kappa shape index (κ3) is 3.98. The van der Waals surface area contributed by atoms with E-state index in [0.717, 1.165) is 0 Å². The Balaban J connectivity index is 1.84. The monoisotopic (exact) mass is 387 g/mol. The number of amides is 1. The molecule has 9 nitrogen and oxygen atoms in total. The number of halogens is 1. The highest BCUT2D eigenvalue weighted by molar-refractivity contribution is 6.34. The van der Waals surface area contributed by atoms with Crippen LogP contribution in [0.4, 0.5) is 17.5 Å². The molecular formula is C17H18ClN7O2. The highest BCUT2D eigenvalue weighted by Crippen LogP contribution is 2.28. The van der Waals surface area contributed by atoms with Gasteiger partial charge in [0.2, 0.25) is 11.9 Å². The number of nitrogens with zero attached hydrogens (tertiary/aromatic N) is 4. The topological polar surface area (TPSA) is 146 Å². The number of hydrogen-bond donors (Lipinski definition) is 3. The van der Waals surface area contributed by atoms with Crippen molar-refractivity contribution in [3.8, 4) is 11.5 Å². The summed E-state index contributed by atoms with van der Waals surface area (Å²) >= 11 is 6.03. The zero-order valence-electron chi connectivity index (χ0n) is 14.9. The van der Waals surface area contributed by atoms with E-state index >= 15 is 0 Å². The van der Waals surface area contributed by atoms with E-state index in [1.807, 2.05) is 20.8 Å². The van der Waals surface area contributed by atoms with Crippen molar-refractivity contribution in [2.75, 3.05) is 11.1 Å². The van der Waals surface area contributed by atoms with Crippen LogP contribution in [0.25, 0.3) is 11.5 Å². The van der Waals surface area contributed by atoms with Crippen LogP contribution in [-0.4, -0.2) is 26.0 Å². The van der Waals surface area contributed by atoms with Crippen molar-refractivity contribution in [3.63, 3.8) is 0 Å². The molecule has 0 aliphatic carbocycles. The fourth-order valence-corrected chi connectivity index (χ4v) is 2.45. The molecule has 0 radical (unpaired) electrons. The lowest BCUT2D eigenvalue weighted by Gasteiger charge is -2.11. The number of nitrogens with two attached hydrogens (primary N) is 2. The third-order valence-corrected chi connectivity index (χ3v) is 3.95. The minimum Gasteiger partial charge on any atom is -0.383 e. The lowest BCUT2D eigenvalue weighted by atomic mass is 9.96. The number of nitrogen functional groups attached to an aromatic ring is 1. The number of benzene rings is 1. The van der Waals surface area contributed by atoms with Gasteiger partial charge in [-0.15, -0.1) is 0 Å². The summed E-state index contributed by atoms with van der Waals surface area (Å²) in [5, 5.41) is 7.14. The molecule has 1 amide bonds. The zero-order chi connectivity index (χ0) is 19.8. The second kappa shape index (κ2) is 6.84. The van der Waals surface area contributed by atoms with Crippen LogP contribution in [0, 0.1) is 0 Å². The van der Waals surface area contributed by atoms with Crippen molar-refractivity contribution >= 4 is 35.0 Å². The zero-order valence-corrected chi connectivity index (χ0v) is 15.7. The molecule has 140 valence electrons. The molecule has 5 N–H and O–H groups in total. The highest BCUT2D eigenvalue weighted by atomic mass is 35.5. The Morgan fingerprint density at radius 2 is 2.00 bits per heavy atom. The van der Waals surface area contributed by atoms with Gasteiger partial charge in [-0.3, -0.25) is 4.79 Å². The molecule has 2 aromatic heterocycles. The number of nitrogens with one attached hydrogen (secondary N) is 1. The maximum Gasteiger partial charge on any atom is 0.263 e. The van der Waals surface area contributed by atoms with Crippen molar-refractivity contribution in [1.29, 1.82) is 0 Å². The van der Waals surface area contributed by atoms with Gasteiger partial charge in [-0.25, -0.2) is 4.98 Å². The molecule has 3 rings (SSSR count). The minimum absolute atomic E-state index is 0.177. The molecule has 2 heterocycles. The average Bonchev–Trinajstić information content (AvgIpc) is 3.04. The summed E-state index contributed by atoms with van der Waals surface area (Å²) in [5.41, 5.74) is 12.2. The second-order valence-electron chi connectivity index (χ2n) is 6.85. The molecule has 0 saturated carbocycles. The molecule has 0 bridgehead atoms. The Morgan fingerprint density at radius 1 is 1.26 bits per heavy atom. The number of primary amides is 1. The van der Waals surface area contributed by atoms with Crippen molar-refractivity contribution in [2.24, 2.45) is 5.73 Å². The van der Waals surface area contributed by atoms with Crippen LogP contribution in [0.1, 0.15) is 37.0 Å². The first-order valence-electron chi connectivity index (χ1n) is 7.98. The molecule has 3 aromatic rings. The highest BCUT2D eigenvalue weighted by Gasteiger charge is 2.23. The molecule has 0 aliphatic heterocycles. The predicted octanol–water partition coefficient (Wildman–Crippen LogP) is 2.90. The first-order valence-corrected chi connectivity index (χ1v) is 8.36. The van der Waals surface area contributed by atoms with Gasteiger partial charge in [0.05, 0.1) is 10.6 Å². The van der Waals surface area contributed by atoms with Crippen LogP contribution in [-0.2, 0) is 5.41 Å². The molecule has 0 unspecified atom stereocenters. The maximum atomic E-state index is 11.2. The molecule has 0 aliphatic rings. The maximum absolute atomic E-state index is 11.2. The minimum atomic E-state index is -0.606. The summed E-state index contributed by atoms with van der Waals surface area (Å²) in [6.07, 6.45) is 1.49. The van der Waals surface area contributed by atoms with Gasteiger partial charge in [-0.1, -0.05) is 37.5 Å². The van der Waals surface area contributed by atoms with E-state index in [2.05, 4.69) is 25.4 Å². The van der Waals surface area contributed by atoms with Crippen LogP contribution in [0.5, 0.6) is 0 Å². The van der Waals surface area contributed by atoms with Gasteiger partial charge in [-0.2, -0.15) is 9.97 Å². The SMILES string of the molecule is CC(C)(C)c1noc(-c2cnc(Nc3ccc(C(N)=O)c(Cl)c3)nc2N)n1. The van der Waals surface area contributed by atoms with Gasteiger partial charge in [0.1, 0.15) is 11.4 Å². The van der Waals surface area contributed by atoms with Gasteiger partial charge in [0.15, 0.2) is 5.82 Å². The Labute approximate surface area is 160 Å². The second-order valence-corrected chi connectivity index (χ2v) is 7.26. The quantitative estimate of drug-likeness (QED) is 0.619. The fraction of sp³-hybridized carbons (Fsp3) is 0.235. The Morgan fingerprint density at radius 3 is 2.56 bits per heavy atom. The van der Waals surface area contributed by atoms with Crippen LogP contribution in [0.15, 0.2) is 28.9 Å². The smallest absolute Gasteiger partial charge is 0.263 e. The molecule has 0 saturated heterocycles. The first kappa shape index (κ1) is 18.6. The van der Waals surface area contributed by atoms with E-state index < -0.39 is 5.91 Å². The molecule has 0 fully saturated rings. The van der Waals surface area contributed by atoms with E-state index in [4.69, 9.17) is 27.6 Å². The predicted molar refractivity (Wildman–Crippen MR) is 102 cm³/mol. The van der Waals surface area contributed by atoms with Crippen molar-refractivity contribution < 1.29 is 9.32 Å². The number of carbonyl (C=O) groups is 1. The first-order chi connectivity index (χ1) is 12.6. The van der Waals surface area contributed by atoms with E-state index in [0.29, 0.717) is 17.1 Å². The standard InChI is InChI=1S/C17H18ClN7O2/c1-17(2,3)15-24-14(27-25-15)10-7-21-16(23-12(10)19)22-8-4-5-9(13(20)26)11(18)6-8/h4-7H,1-3H3,(H2,20,26)(H3,19,21,22,23). The summed E-state index contributed by atoms with van der Waals surface area (Å²) in [6, 6.07) is 4.69. The van der Waals surface area contributed by atoms with Crippen molar-refractivity contribution in [3.05, 3.63) is 40.8 Å². The molecular weight excluding hydrogens is 370 g/mol. The summed E-state index contributed by atoms with van der Waals surface area (Å²) in [4.78, 5) is 24.0. The normalized spacial score (nSPS) is 11.4. The molecule has 0 atom stereocenters. The fourth-order valence-electron chi connectivity index (χ4n) is 2.18. The number of carbonyl (C=O) groups excluding carboxylic acids is 1. The lowest BCUT2D eigenvalue weighted by Crippen LogP contribution is -2.13. The molecule has 1 aromatic carbocycles. The largest absolute Gasteiger partial charge is 0.383 e. The van der Waals surface area contributed by atoms with E-state index in [-0.39, 0.29) is 33.7 Å². The van der Waals surface area contributed by atoms with E-state index in [1.54, 1.807) is 12.1 Å². The van der Waals surface area contributed by atoms with E-state index in [1.165, 1.54) is 12.3 Å². The molecule has 10 heteroatoms. The summed E-state index contributed by atoms with van der Waals surface area (Å²) in [6.45, 7) is 5.93. The van der Waals surface area contributed by atoms with Gasteiger partial charge >= 0.3 is 0 Å². The third-order valence-electron chi connectivity index (χ3n) is 3.64. The number of rotatable bonds is 4. The van der Waals surface area contributed by atoms with Crippen LogP contribution < -0.4 is 16.8 Å². The number of aromatic nitrogens is 4. The lowest BCUT2D eigenvalue weighted by molar-refractivity contribution is 0.100. The average molecular weight is 388 g/mol. The Bertz CT molecular complexity index is 1010. The number of hydrogen-bond acceptors (Lipinski definition) is 8. The summed E-state index contributed by atoms with van der Waals surface area (Å²) < 4.78 is 5.26. The number of anilines is 3. The Hall–Kier alpha value is -3.20. The summed E-state index contributed by atoms with van der Waals surface area (Å²) in [7, 11) is 0. The van der Waals surface area contributed by atoms with Gasteiger partial charge in [-0.05, 0) is 18.2 Å². The van der Waals surface area contributed by atoms with Gasteiger partial charge in [0.25, 0.3) is 5.89 Å². The summed E-state index contributed by atoms with van der Waals surface area (Å²) in [5.74, 6) is 0.623. The van der Waals surface area contributed by atoms with Gasteiger partial charge < -0.3 is 21.3 Å². The van der Waals surface area contributed by atoms with Crippen LogP contribution >= 0.6 is 11.6 Å². The van der Waals surface area contributed by atoms with Crippen LogP contribution in [0.3, 0.4) is 0 Å². The van der Waals surface area contributed by atoms with Crippen molar-refractivity contribution in [1.82, 2.24) is 20.1 Å². The van der Waals surface area contributed by atoms with E-state index in [9.17, 15) is 4.79 Å². The Kier molecular flexibility index (Phi) is 4.71. The molecule has 0 spiro atoms.